The van der Waals surface area contributed by atoms with Crippen molar-refractivity contribution in [2.45, 2.75) is 26.4 Å². The molecule has 0 aliphatic carbocycles. The van der Waals surface area contributed by atoms with Crippen molar-refractivity contribution in [3.8, 4) is 11.5 Å². The summed E-state index contributed by atoms with van der Waals surface area (Å²) in [5.74, 6) is 1.21. The maximum Gasteiger partial charge on any atom is 0.220 e. The van der Waals surface area contributed by atoms with Crippen LogP contribution in [0.25, 0.3) is 0 Å². The third kappa shape index (κ3) is 9.28. The number of rotatable bonds is 14. The van der Waals surface area contributed by atoms with Crippen LogP contribution in [0.15, 0.2) is 18.2 Å². The number of ether oxygens (including phenoxy) is 4. The number of benzene rings is 1. The Morgan fingerprint density at radius 3 is 2.68 bits per heavy atom. The fourth-order valence-corrected chi connectivity index (χ4v) is 2.08. The molecule has 0 unspecified atom stereocenters. The lowest BCUT2D eigenvalue weighted by Gasteiger charge is -2.10. The van der Waals surface area contributed by atoms with Crippen LogP contribution in [-0.4, -0.2) is 57.7 Å². The van der Waals surface area contributed by atoms with E-state index in [2.05, 4.69) is 5.32 Å². The third-order valence-corrected chi connectivity index (χ3v) is 3.39. The fourth-order valence-electron chi connectivity index (χ4n) is 2.08. The van der Waals surface area contributed by atoms with Gasteiger partial charge >= 0.3 is 0 Å². The minimum atomic E-state index is -0.0844. The highest BCUT2D eigenvalue weighted by molar-refractivity contribution is 5.75. The molecule has 2 N–H and O–H groups in total. The van der Waals surface area contributed by atoms with Gasteiger partial charge in [0.05, 0.1) is 40.1 Å². The maximum absolute atomic E-state index is 11.7. The van der Waals surface area contributed by atoms with Crippen molar-refractivity contribution in [2.75, 3.05) is 46.7 Å². The minimum absolute atomic E-state index is 0.0229. The molecule has 7 heteroatoms. The quantitative estimate of drug-likeness (QED) is 0.492. The minimum Gasteiger partial charge on any atom is -0.496 e. The van der Waals surface area contributed by atoms with Crippen molar-refractivity contribution in [2.24, 2.45) is 0 Å². The number of aliphatic hydroxyl groups is 1. The molecule has 1 rings (SSSR count). The van der Waals surface area contributed by atoms with Gasteiger partial charge in [-0.25, -0.2) is 0 Å². The van der Waals surface area contributed by atoms with Crippen LogP contribution in [0.4, 0.5) is 0 Å². The lowest BCUT2D eigenvalue weighted by molar-refractivity contribution is -0.121. The Kier molecular flexibility index (Phi) is 11.4. The van der Waals surface area contributed by atoms with E-state index >= 15 is 0 Å². The van der Waals surface area contributed by atoms with Crippen molar-refractivity contribution in [3.05, 3.63) is 23.8 Å². The first-order chi connectivity index (χ1) is 12.2. The standard InChI is InChI=1S/C18H29NO6/c1-3-23-11-12-24-10-8-19-18(21)5-4-9-25-16-7-6-15(14-20)17(13-16)22-2/h6-7,13,20H,3-5,8-12,14H2,1-2H3,(H,19,21). The topological polar surface area (TPSA) is 86.3 Å². The molecule has 142 valence electrons. The summed E-state index contributed by atoms with van der Waals surface area (Å²) < 4.78 is 21.2. The molecule has 0 spiro atoms. The van der Waals surface area contributed by atoms with Gasteiger partial charge in [0.25, 0.3) is 0 Å². The summed E-state index contributed by atoms with van der Waals surface area (Å²) >= 11 is 0. The average Bonchev–Trinajstić information content (AvgIpc) is 2.64. The Bertz CT molecular complexity index is 494. The van der Waals surface area contributed by atoms with Crippen molar-refractivity contribution in [3.63, 3.8) is 0 Å². The van der Waals surface area contributed by atoms with E-state index < -0.39 is 0 Å². The van der Waals surface area contributed by atoms with E-state index in [1.165, 1.54) is 0 Å². The van der Waals surface area contributed by atoms with E-state index in [-0.39, 0.29) is 12.5 Å². The van der Waals surface area contributed by atoms with E-state index in [9.17, 15) is 9.90 Å². The molecule has 1 amide bonds. The van der Waals surface area contributed by atoms with Gasteiger partial charge in [-0.15, -0.1) is 0 Å². The summed E-state index contributed by atoms with van der Waals surface area (Å²) in [4.78, 5) is 11.7. The molecule has 1 aromatic carbocycles. The molecule has 7 nitrogen and oxygen atoms in total. The second-order valence-corrected chi connectivity index (χ2v) is 5.24. The Morgan fingerprint density at radius 2 is 1.96 bits per heavy atom. The van der Waals surface area contributed by atoms with Gasteiger partial charge in [0.1, 0.15) is 11.5 Å². The highest BCUT2D eigenvalue weighted by Gasteiger charge is 2.05. The van der Waals surface area contributed by atoms with Crippen LogP contribution < -0.4 is 14.8 Å². The summed E-state index contributed by atoms with van der Waals surface area (Å²) in [6.45, 7) is 5.05. The maximum atomic E-state index is 11.7. The summed E-state index contributed by atoms with van der Waals surface area (Å²) in [5, 5.41) is 12.0. The van der Waals surface area contributed by atoms with Crippen molar-refractivity contribution in [1.82, 2.24) is 5.32 Å². The van der Waals surface area contributed by atoms with Gasteiger partial charge in [0, 0.05) is 31.2 Å². The van der Waals surface area contributed by atoms with Crippen LogP contribution in [0.3, 0.4) is 0 Å². The molecule has 0 aliphatic heterocycles. The highest BCUT2D eigenvalue weighted by atomic mass is 16.5. The van der Waals surface area contributed by atoms with Crippen LogP contribution in [0.1, 0.15) is 25.3 Å². The number of hydrogen-bond acceptors (Lipinski definition) is 6. The van der Waals surface area contributed by atoms with E-state index in [1.54, 1.807) is 25.3 Å². The number of nitrogens with one attached hydrogen (secondary N) is 1. The summed E-state index contributed by atoms with van der Waals surface area (Å²) in [7, 11) is 1.54. The molecule has 1 aromatic rings. The van der Waals surface area contributed by atoms with Gasteiger partial charge in [-0.3, -0.25) is 4.79 Å². The number of aliphatic hydroxyl groups excluding tert-OH is 1. The molecule has 0 aromatic heterocycles. The number of carbonyl (C=O) groups excluding carboxylic acids is 1. The van der Waals surface area contributed by atoms with Crippen LogP contribution in [0.5, 0.6) is 11.5 Å². The zero-order valence-electron chi connectivity index (χ0n) is 15.1. The smallest absolute Gasteiger partial charge is 0.220 e. The predicted octanol–water partition coefficient (Wildman–Crippen LogP) is 1.52. The van der Waals surface area contributed by atoms with Crippen molar-refractivity contribution < 1.29 is 28.8 Å². The number of amides is 1. The zero-order chi connectivity index (χ0) is 18.3. The number of hydrogen-bond donors (Lipinski definition) is 2. The predicted molar refractivity (Wildman–Crippen MR) is 94.0 cm³/mol. The van der Waals surface area contributed by atoms with Gasteiger partial charge in [-0.05, 0) is 25.5 Å². The summed E-state index contributed by atoms with van der Waals surface area (Å²) in [6, 6.07) is 5.26. The van der Waals surface area contributed by atoms with Gasteiger partial charge in [-0.2, -0.15) is 0 Å². The first-order valence-corrected chi connectivity index (χ1v) is 8.54. The van der Waals surface area contributed by atoms with E-state index in [4.69, 9.17) is 18.9 Å². The fraction of sp³-hybridized carbons (Fsp3) is 0.611. The Hall–Kier alpha value is -1.83. The summed E-state index contributed by atoms with van der Waals surface area (Å²) in [6.07, 6.45) is 1.01. The Morgan fingerprint density at radius 1 is 1.16 bits per heavy atom. The Balaban J connectivity index is 2.09. The van der Waals surface area contributed by atoms with Crippen molar-refractivity contribution in [1.29, 1.82) is 0 Å². The molecule has 0 radical (unpaired) electrons. The average molecular weight is 355 g/mol. The first kappa shape index (κ1) is 21.2. The lowest BCUT2D eigenvalue weighted by Crippen LogP contribution is -2.27. The second kappa shape index (κ2) is 13.5. The SMILES string of the molecule is CCOCCOCCNC(=O)CCCOc1ccc(CO)c(OC)c1. The van der Waals surface area contributed by atoms with E-state index in [1.807, 2.05) is 6.92 Å². The number of methoxy groups -OCH3 is 1. The van der Waals surface area contributed by atoms with Gasteiger partial charge < -0.3 is 29.4 Å². The molecule has 0 aliphatic rings. The van der Waals surface area contributed by atoms with Crippen LogP contribution in [-0.2, 0) is 20.9 Å². The zero-order valence-corrected chi connectivity index (χ0v) is 15.1. The van der Waals surface area contributed by atoms with Crippen LogP contribution in [0, 0.1) is 0 Å². The first-order valence-electron chi connectivity index (χ1n) is 8.54. The van der Waals surface area contributed by atoms with E-state index in [0.29, 0.717) is 69.5 Å². The molecule has 0 atom stereocenters. The molecule has 0 saturated carbocycles. The van der Waals surface area contributed by atoms with Crippen LogP contribution in [0.2, 0.25) is 0 Å². The van der Waals surface area contributed by atoms with Gasteiger partial charge in [0.2, 0.25) is 5.91 Å². The molecule has 25 heavy (non-hydrogen) atoms. The molecule has 0 heterocycles. The third-order valence-electron chi connectivity index (χ3n) is 3.39. The lowest BCUT2D eigenvalue weighted by atomic mass is 10.2. The molecule has 0 bridgehead atoms. The largest absolute Gasteiger partial charge is 0.496 e. The molecular weight excluding hydrogens is 326 g/mol. The Labute approximate surface area is 149 Å². The van der Waals surface area contributed by atoms with E-state index in [0.717, 1.165) is 0 Å². The second-order valence-electron chi connectivity index (χ2n) is 5.24. The monoisotopic (exact) mass is 355 g/mol. The summed E-state index contributed by atoms with van der Waals surface area (Å²) in [5.41, 5.74) is 0.706. The van der Waals surface area contributed by atoms with Crippen molar-refractivity contribution >= 4 is 5.91 Å². The van der Waals surface area contributed by atoms with Crippen LogP contribution >= 0.6 is 0 Å². The molecular formula is C18H29NO6. The van der Waals surface area contributed by atoms with Gasteiger partial charge in [0.15, 0.2) is 0 Å². The highest BCUT2D eigenvalue weighted by Crippen LogP contribution is 2.24. The normalized spacial score (nSPS) is 10.5. The molecule has 0 saturated heterocycles. The van der Waals surface area contributed by atoms with Gasteiger partial charge in [-0.1, -0.05) is 0 Å². The molecule has 0 fully saturated rings. The number of carbonyl (C=O) groups is 1.